The SMILES string of the molecule is C[CH2][Ge][CH2]C.C[CH2][Ge][CH2]C.O=C(O)C(=O)O. The Morgan fingerprint density at radius 3 is 0.938 bits per heavy atom. The normalized spacial score (nSPS) is 8.00. The summed E-state index contributed by atoms with van der Waals surface area (Å²) in [5.41, 5.74) is 0. The first-order chi connectivity index (χ1) is 7.47. The number of aliphatic carboxylic acids is 2. The van der Waals surface area contributed by atoms with Crippen LogP contribution in [0.3, 0.4) is 0 Å². The molecule has 0 saturated carbocycles. The topological polar surface area (TPSA) is 74.6 Å². The van der Waals surface area contributed by atoms with Gasteiger partial charge in [-0.1, -0.05) is 0 Å². The van der Waals surface area contributed by atoms with Crippen molar-refractivity contribution in [2.45, 2.75) is 48.7 Å². The van der Waals surface area contributed by atoms with E-state index in [0.717, 1.165) is 0 Å². The molecule has 0 spiro atoms. The van der Waals surface area contributed by atoms with Gasteiger partial charge >= 0.3 is 91.5 Å². The van der Waals surface area contributed by atoms with Crippen molar-refractivity contribution < 1.29 is 19.8 Å². The summed E-state index contributed by atoms with van der Waals surface area (Å²) in [5, 5.41) is 20.7. The van der Waals surface area contributed by atoms with Crippen LogP contribution in [0, 0.1) is 0 Å². The minimum atomic E-state index is -1.82. The van der Waals surface area contributed by atoms with E-state index in [0.29, 0.717) is 30.9 Å². The van der Waals surface area contributed by atoms with Gasteiger partial charge in [-0.05, 0) is 0 Å². The third-order valence-electron chi connectivity index (χ3n) is 1.18. The Balaban J connectivity index is -0.000000160. The predicted octanol–water partition coefficient (Wildman–Crippen LogP) is 2.29. The molecule has 0 aromatic rings. The molecule has 0 aromatic carbocycles. The quantitative estimate of drug-likeness (QED) is 0.602. The Bertz CT molecular complexity index is 141. The third-order valence-corrected chi connectivity index (χ3v) is 5.38. The van der Waals surface area contributed by atoms with E-state index in [1.54, 1.807) is 0 Å². The van der Waals surface area contributed by atoms with Crippen molar-refractivity contribution in [3.05, 3.63) is 0 Å². The molecule has 0 unspecified atom stereocenters. The molecule has 94 valence electrons. The Hall–Kier alpha value is 0.0257. The summed E-state index contributed by atoms with van der Waals surface area (Å²) in [4.78, 5) is 18.2. The summed E-state index contributed by atoms with van der Waals surface area (Å²) in [5.74, 6) is -3.65. The summed E-state index contributed by atoms with van der Waals surface area (Å²) in [6, 6.07) is 0. The van der Waals surface area contributed by atoms with Crippen molar-refractivity contribution in [1.82, 2.24) is 0 Å². The Morgan fingerprint density at radius 2 is 0.938 bits per heavy atom. The zero-order valence-corrected chi connectivity index (χ0v) is 14.7. The first-order valence-corrected chi connectivity index (χ1v) is 11.3. The van der Waals surface area contributed by atoms with Gasteiger partial charge in [0.25, 0.3) is 0 Å². The maximum atomic E-state index is 9.10. The second-order valence-electron chi connectivity index (χ2n) is 2.52. The molecule has 0 saturated heterocycles. The van der Waals surface area contributed by atoms with Crippen LogP contribution in [0.4, 0.5) is 0 Å². The second-order valence-corrected chi connectivity index (χ2v) is 10.6. The van der Waals surface area contributed by atoms with Gasteiger partial charge in [0.1, 0.15) is 0 Å². The van der Waals surface area contributed by atoms with Crippen LogP contribution < -0.4 is 0 Å². The number of carboxylic acids is 2. The number of hydrogen-bond donors (Lipinski definition) is 2. The minimum absolute atomic E-state index is 0.528. The van der Waals surface area contributed by atoms with E-state index in [2.05, 4.69) is 27.7 Å². The number of carboxylic acid groups (broad SMARTS) is 2. The number of hydrogen-bond acceptors (Lipinski definition) is 2. The van der Waals surface area contributed by atoms with Gasteiger partial charge < -0.3 is 10.2 Å². The molecule has 0 aliphatic heterocycles. The van der Waals surface area contributed by atoms with Gasteiger partial charge in [0.05, 0.1) is 0 Å². The molecule has 0 aromatic heterocycles. The molecular weight excluding hydrogens is 329 g/mol. The summed E-state index contributed by atoms with van der Waals surface area (Å²) in [6.45, 7) is 9.07. The van der Waals surface area contributed by atoms with Crippen LogP contribution in [-0.2, 0) is 9.59 Å². The fourth-order valence-corrected chi connectivity index (χ4v) is 2.60. The molecule has 0 bridgehead atoms. The van der Waals surface area contributed by atoms with Crippen molar-refractivity contribution in [3.8, 4) is 0 Å². The molecule has 0 fully saturated rings. The molecule has 0 aliphatic rings. The maximum Gasteiger partial charge on any atom is 0.414 e. The molecule has 16 heavy (non-hydrogen) atoms. The van der Waals surface area contributed by atoms with Crippen LogP contribution in [0.1, 0.15) is 27.7 Å². The third kappa shape index (κ3) is 36.9. The van der Waals surface area contributed by atoms with E-state index in [-0.39, 0.29) is 0 Å². The van der Waals surface area contributed by atoms with Crippen molar-refractivity contribution >= 4 is 42.8 Å². The van der Waals surface area contributed by atoms with E-state index in [1.807, 2.05) is 0 Å². The van der Waals surface area contributed by atoms with E-state index in [9.17, 15) is 0 Å². The molecule has 4 radical (unpaired) electrons. The fraction of sp³-hybridized carbons (Fsp3) is 0.800. The van der Waals surface area contributed by atoms with Gasteiger partial charge in [-0.25, -0.2) is 9.59 Å². The molecule has 0 rings (SSSR count). The average molecular weight is 352 g/mol. The first-order valence-electron chi connectivity index (χ1n) is 5.35. The molecule has 0 heterocycles. The predicted molar refractivity (Wildman–Crippen MR) is 68.7 cm³/mol. The first kappa shape index (κ1) is 21.3. The van der Waals surface area contributed by atoms with Gasteiger partial charge in [-0.3, -0.25) is 0 Å². The standard InChI is InChI=1S/2C4H10Ge.C2H2O4/c2*1-3-5-4-2;3-1(4)2(5)6/h2*3-4H2,1-2H3;(H,3,4)(H,5,6). The summed E-state index contributed by atoms with van der Waals surface area (Å²) < 4.78 is 0. The summed E-state index contributed by atoms with van der Waals surface area (Å²) >= 11 is 1.06. The van der Waals surface area contributed by atoms with E-state index < -0.39 is 11.9 Å². The Labute approximate surface area is 111 Å². The number of rotatable bonds is 4. The monoisotopic (exact) mass is 354 g/mol. The van der Waals surface area contributed by atoms with Gasteiger partial charge in [-0.15, -0.1) is 0 Å². The summed E-state index contributed by atoms with van der Waals surface area (Å²) in [6.07, 6.45) is 0. The fourth-order valence-electron chi connectivity index (χ4n) is 0.500. The molecule has 6 heteroatoms. The zero-order chi connectivity index (χ0) is 13.4. The van der Waals surface area contributed by atoms with Gasteiger partial charge in [0.15, 0.2) is 0 Å². The van der Waals surface area contributed by atoms with Crippen LogP contribution in [-0.4, -0.2) is 53.0 Å². The molecule has 0 aliphatic carbocycles. The molecular formula is C10H22Ge2O4. The molecule has 0 amide bonds. The maximum absolute atomic E-state index is 9.10. The zero-order valence-electron chi connectivity index (χ0n) is 10.5. The van der Waals surface area contributed by atoms with Crippen LogP contribution in [0.2, 0.25) is 21.0 Å². The molecule has 0 atom stereocenters. The number of carbonyl (C=O) groups is 2. The van der Waals surface area contributed by atoms with Crippen molar-refractivity contribution in [1.29, 1.82) is 0 Å². The van der Waals surface area contributed by atoms with Crippen molar-refractivity contribution in [2.75, 3.05) is 0 Å². The van der Waals surface area contributed by atoms with E-state index >= 15 is 0 Å². The Kier molecular flexibility index (Phi) is 27.2. The van der Waals surface area contributed by atoms with E-state index in [4.69, 9.17) is 19.8 Å². The van der Waals surface area contributed by atoms with Crippen LogP contribution >= 0.6 is 0 Å². The van der Waals surface area contributed by atoms with Crippen molar-refractivity contribution in [3.63, 3.8) is 0 Å². The molecule has 4 nitrogen and oxygen atoms in total. The van der Waals surface area contributed by atoms with Crippen LogP contribution in [0.25, 0.3) is 0 Å². The largest absolute Gasteiger partial charge is 0.473 e. The van der Waals surface area contributed by atoms with Crippen LogP contribution in [0.15, 0.2) is 0 Å². The van der Waals surface area contributed by atoms with Gasteiger partial charge in [0, 0.05) is 0 Å². The smallest absolute Gasteiger partial charge is 0.414 e. The van der Waals surface area contributed by atoms with Crippen molar-refractivity contribution in [2.24, 2.45) is 0 Å². The average Bonchev–Trinajstić information content (AvgIpc) is 2.22. The summed E-state index contributed by atoms with van der Waals surface area (Å²) in [7, 11) is 0. The molecule has 2 N–H and O–H groups in total. The van der Waals surface area contributed by atoms with Gasteiger partial charge in [-0.2, -0.15) is 0 Å². The van der Waals surface area contributed by atoms with E-state index in [1.165, 1.54) is 21.0 Å². The van der Waals surface area contributed by atoms with Gasteiger partial charge in [0.2, 0.25) is 0 Å². The Morgan fingerprint density at radius 1 is 0.750 bits per heavy atom. The second kappa shape index (κ2) is 20.4. The van der Waals surface area contributed by atoms with Crippen LogP contribution in [0.5, 0.6) is 0 Å². The minimum Gasteiger partial charge on any atom is -0.473 e.